The van der Waals surface area contributed by atoms with Crippen molar-refractivity contribution in [3.63, 3.8) is 0 Å². The molecule has 2 aliphatic carbocycles. The van der Waals surface area contributed by atoms with Crippen LogP contribution in [0.25, 0.3) is 0 Å². The number of hydrogen-bond donors (Lipinski definition) is 4. The number of carbonyl (C=O) groups is 2. The molecule has 6 rings (SSSR count). The molecule has 0 bridgehead atoms. The maximum Gasteiger partial charge on any atom is 0.417 e. The number of methoxy groups -OCH3 is 3. The minimum absolute atomic E-state index is 0.0271. The van der Waals surface area contributed by atoms with Crippen molar-refractivity contribution in [1.82, 2.24) is 4.90 Å². The van der Waals surface area contributed by atoms with Crippen molar-refractivity contribution in [2.75, 3.05) is 72.8 Å². The number of anilines is 1. The van der Waals surface area contributed by atoms with Crippen LogP contribution in [0, 0.1) is 17.8 Å². The van der Waals surface area contributed by atoms with Crippen LogP contribution in [0.1, 0.15) is 62.0 Å². The number of aliphatic hydroxyl groups is 3. The monoisotopic (exact) mass is 901 g/mol. The number of allylic oxidation sites excluding steroid dienone is 1. The summed E-state index contributed by atoms with van der Waals surface area (Å²) in [5.74, 6) is -1.03. The SMILES string of the molecule is C=CCO[C@@]12Oc3ccc(OC(=O)Nc4ccc(OC)cc4OC)cc3[C@H]3[C@H](CCCCO)[C@@H](CCCCO)C=C(C(=NOCc4ccccc4)C[C@@H]1N(CCOCCO)C(=O)OC)[C@H]32. The van der Waals surface area contributed by atoms with Gasteiger partial charge >= 0.3 is 12.2 Å². The normalized spacial score (nSPS) is 22.3. The molecule has 16 heteroatoms. The molecule has 1 saturated carbocycles. The second kappa shape index (κ2) is 24.0. The molecule has 6 atom stereocenters. The van der Waals surface area contributed by atoms with Crippen LogP contribution in [0.5, 0.6) is 23.0 Å². The van der Waals surface area contributed by atoms with Gasteiger partial charge < -0.3 is 53.3 Å². The lowest BCUT2D eigenvalue weighted by molar-refractivity contribution is -0.255. The number of ether oxygens (including phenoxy) is 7. The molecular formula is C49H63N3O13. The molecule has 1 aliphatic heterocycles. The molecule has 3 aromatic rings. The van der Waals surface area contributed by atoms with E-state index >= 15 is 0 Å². The summed E-state index contributed by atoms with van der Waals surface area (Å²) in [6.45, 7) is 4.33. The van der Waals surface area contributed by atoms with Crippen LogP contribution < -0.4 is 24.3 Å². The first-order valence-corrected chi connectivity index (χ1v) is 22.2. The summed E-state index contributed by atoms with van der Waals surface area (Å²) in [4.78, 5) is 35.3. The van der Waals surface area contributed by atoms with E-state index in [0.29, 0.717) is 54.3 Å². The van der Waals surface area contributed by atoms with Crippen molar-refractivity contribution in [1.29, 1.82) is 0 Å². The van der Waals surface area contributed by atoms with E-state index in [4.69, 9.17) is 43.2 Å². The summed E-state index contributed by atoms with van der Waals surface area (Å²) in [6.07, 6.45) is 6.73. The lowest BCUT2D eigenvalue weighted by Gasteiger charge is -2.59. The molecule has 0 aromatic heterocycles. The van der Waals surface area contributed by atoms with E-state index in [1.807, 2.05) is 36.4 Å². The van der Waals surface area contributed by atoms with Gasteiger partial charge in [0.1, 0.15) is 35.6 Å². The highest BCUT2D eigenvalue weighted by Gasteiger charge is 2.65. The third-order valence-electron chi connectivity index (χ3n) is 12.2. The molecular weight excluding hydrogens is 839 g/mol. The predicted octanol–water partition coefficient (Wildman–Crippen LogP) is 7.23. The highest BCUT2D eigenvalue weighted by atomic mass is 16.7. The predicted molar refractivity (Wildman–Crippen MR) is 242 cm³/mol. The van der Waals surface area contributed by atoms with Crippen molar-refractivity contribution in [3.05, 3.63) is 102 Å². The van der Waals surface area contributed by atoms with Crippen LogP contribution in [0.2, 0.25) is 0 Å². The fourth-order valence-corrected chi connectivity index (χ4v) is 9.44. The molecule has 4 N–H and O–H groups in total. The summed E-state index contributed by atoms with van der Waals surface area (Å²) >= 11 is 0. The Morgan fingerprint density at radius 1 is 0.923 bits per heavy atom. The summed E-state index contributed by atoms with van der Waals surface area (Å²) in [5.41, 5.74) is 3.49. The number of rotatable bonds is 24. The average molecular weight is 902 g/mol. The topological polar surface area (TPSA) is 196 Å². The van der Waals surface area contributed by atoms with Crippen LogP contribution in [0.3, 0.4) is 0 Å². The third kappa shape index (κ3) is 11.6. The number of nitrogens with one attached hydrogen (secondary N) is 1. The number of benzene rings is 3. The molecule has 65 heavy (non-hydrogen) atoms. The first-order valence-electron chi connectivity index (χ1n) is 22.2. The molecule has 1 fully saturated rings. The second-order valence-electron chi connectivity index (χ2n) is 16.1. The van der Waals surface area contributed by atoms with E-state index in [1.165, 1.54) is 26.2 Å². The first-order chi connectivity index (χ1) is 31.7. The summed E-state index contributed by atoms with van der Waals surface area (Å²) in [6, 6.07) is 19.0. The number of hydrogen-bond acceptors (Lipinski definition) is 14. The van der Waals surface area contributed by atoms with Crippen molar-refractivity contribution in [3.8, 4) is 23.0 Å². The molecule has 0 spiro atoms. The zero-order valence-corrected chi connectivity index (χ0v) is 37.5. The summed E-state index contributed by atoms with van der Waals surface area (Å²) < 4.78 is 42.1. The van der Waals surface area contributed by atoms with Crippen LogP contribution in [-0.2, 0) is 25.7 Å². The fourth-order valence-electron chi connectivity index (χ4n) is 9.44. The van der Waals surface area contributed by atoms with Gasteiger partial charge in [-0.15, -0.1) is 6.58 Å². The van der Waals surface area contributed by atoms with Gasteiger partial charge in [0.05, 0.1) is 65.1 Å². The standard InChI is InChI=1S/C49H63N3O13/c1-5-25-62-49-44(52(48(57)60-4)21-26-61-27-24-55)31-41(51-63-32-33-13-7-6-8-14-33)38-28-34(15-9-11-22-53)37(16-10-12-23-54)45(46(38)49)39-29-36(18-20-42(39)65-49)64-47(56)50-40-19-17-35(58-2)30-43(40)59-3/h5-8,13-14,17-20,28-30,34,37,44-46,53-55H,1,9-12,15-16,21-27,31-32H2,2-4H3,(H,50,56)/t34-,37+,44-,45+,46+,49+/m0/s1. The fraction of sp³-hybridized carbons (Fsp3) is 0.490. The van der Waals surface area contributed by atoms with Gasteiger partial charge in [0, 0.05) is 43.7 Å². The minimum atomic E-state index is -1.56. The quantitative estimate of drug-likeness (QED) is 0.0400. The van der Waals surface area contributed by atoms with Gasteiger partial charge in [0.2, 0.25) is 5.79 Å². The van der Waals surface area contributed by atoms with E-state index in [9.17, 15) is 24.9 Å². The van der Waals surface area contributed by atoms with E-state index in [2.05, 4.69) is 18.0 Å². The Hall–Kier alpha value is -5.65. The number of amides is 2. The molecule has 352 valence electrons. The number of unbranched alkanes of at least 4 members (excludes halogenated alkanes) is 2. The van der Waals surface area contributed by atoms with Crippen molar-refractivity contribution in [2.24, 2.45) is 22.9 Å². The molecule has 0 unspecified atom stereocenters. The van der Waals surface area contributed by atoms with Gasteiger partial charge in [-0.25, -0.2) is 9.59 Å². The minimum Gasteiger partial charge on any atom is -0.497 e. The Labute approximate surface area is 380 Å². The van der Waals surface area contributed by atoms with Gasteiger partial charge in [-0.05, 0) is 79.0 Å². The molecule has 0 radical (unpaired) electrons. The van der Waals surface area contributed by atoms with Gasteiger partial charge in [0.15, 0.2) is 0 Å². The Morgan fingerprint density at radius 3 is 2.40 bits per heavy atom. The van der Waals surface area contributed by atoms with Gasteiger partial charge in [-0.1, -0.05) is 60.5 Å². The summed E-state index contributed by atoms with van der Waals surface area (Å²) in [7, 11) is 4.34. The van der Waals surface area contributed by atoms with Crippen LogP contribution >= 0.6 is 0 Å². The number of aliphatic hydroxyl groups excluding tert-OH is 3. The van der Waals surface area contributed by atoms with Crippen molar-refractivity contribution >= 4 is 23.6 Å². The Morgan fingerprint density at radius 2 is 1.69 bits per heavy atom. The maximum atomic E-state index is 14.0. The maximum absolute atomic E-state index is 14.0. The van der Waals surface area contributed by atoms with Gasteiger partial charge in [-0.2, -0.15) is 0 Å². The number of oxime groups is 1. The molecule has 0 saturated heterocycles. The Kier molecular flexibility index (Phi) is 18.0. The van der Waals surface area contributed by atoms with Gasteiger partial charge in [-0.3, -0.25) is 10.2 Å². The van der Waals surface area contributed by atoms with Crippen LogP contribution in [-0.4, -0.2) is 117 Å². The molecule has 2 amide bonds. The average Bonchev–Trinajstić information content (AvgIpc) is 3.32. The van der Waals surface area contributed by atoms with Crippen LogP contribution in [0.15, 0.2) is 96.2 Å². The zero-order valence-electron chi connectivity index (χ0n) is 37.5. The molecule has 3 aliphatic rings. The molecule has 3 aromatic carbocycles. The largest absolute Gasteiger partial charge is 0.497 e. The van der Waals surface area contributed by atoms with Crippen molar-refractivity contribution in [2.45, 2.75) is 69.3 Å². The Bertz CT molecular complexity index is 2100. The number of fused-ring (bicyclic) bond motifs is 2. The zero-order chi connectivity index (χ0) is 46.2. The van der Waals surface area contributed by atoms with Crippen LogP contribution in [0.4, 0.5) is 15.3 Å². The highest BCUT2D eigenvalue weighted by Crippen LogP contribution is 2.62. The molecule has 1 heterocycles. The van der Waals surface area contributed by atoms with E-state index < -0.39 is 29.9 Å². The summed E-state index contributed by atoms with van der Waals surface area (Å²) in [5, 5.41) is 37.0. The molecule has 16 nitrogen and oxygen atoms in total. The Balaban J connectivity index is 1.52. The smallest absolute Gasteiger partial charge is 0.417 e. The lowest BCUT2D eigenvalue weighted by Crippen LogP contribution is -2.70. The highest BCUT2D eigenvalue weighted by molar-refractivity contribution is 6.03. The number of nitrogens with zero attached hydrogens (tertiary/aromatic N) is 2. The number of carbonyl (C=O) groups excluding carboxylic acids is 2. The first kappa shape index (κ1) is 48.8. The van der Waals surface area contributed by atoms with Crippen molar-refractivity contribution < 1.29 is 62.9 Å². The lowest BCUT2D eigenvalue weighted by atomic mass is 9.55. The van der Waals surface area contributed by atoms with E-state index in [1.54, 1.807) is 36.4 Å². The third-order valence-corrected chi connectivity index (χ3v) is 12.2. The van der Waals surface area contributed by atoms with E-state index in [-0.39, 0.29) is 82.7 Å². The second-order valence-corrected chi connectivity index (χ2v) is 16.1. The van der Waals surface area contributed by atoms with E-state index in [0.717, 1.165) is 29.5 Å². The van der Waals surface area contributed by atoms with Gasteiger partial charge in [0.25, 0.3) is 0 Å².